The molecule has 0 spiro atoms. The Labute approximate surface area is 113 Å². The van der Waals surface area contributed by atoms with Gasteiger partial charge in [-0.15, -0.1) is 0 Å². The van der Waals surface area contributed by atoms with Crippen LogP contribution in [-0.4, -0.2) is 49.9 Å². The third kappa shape index (κ3) is 3.32. The van der Waals surface area contributed by atoms with E-state index in [0.717, 1.165) is 18.5 Å². The number of amides is 2. The molecule has 19 heavy (non-hydrogen) atoms. The molecular weight excluding hydrogens is 242 g/mol. The number of nitrogens with zero attached hydrogens (tertiary/aromatic N) is 1. The van der Waals surface area contributed by atoms with Crippen LogP contribution >= 0.6 is 0 Å². The van der Waals surface area contributed by atoms with Crippen LogP contribution in [0.5, 0.6) is 0 Å². The van der Waals surface area contributed by atoms with E-state index in [1.54, 1.807) is 4.90 Å². The lowest BCUT2D eigenvalue weighted by Crippen LogP contribution is -2.50. The van der Waals surface area contributed by atoms with Crippen LogP contribution in [-0.2, 0) is 11.2 Å². The topological polar surface area (TPSA) is 61.4 Å². The van der Waals surface area contributed by atoms with Crippen molar-refractivity contribution in [3.8, 4) is 0 Å². The first kappa shape index (κ1) is 13.5. The molecule has 1 heterocycles. The fraction of sp³-hybridized carbons (Fsp3) is 0.429. The van der Waals surface area contributed by atoms with Gasteiger partial charge in [0.25, 0.3) is 5.91 Å². The number of benzene rings is 1. The van der Waals surface area contributed by atoms with E-state index in [-0.39, 0.29) is 18.4 Å². The Morgan fingerprint density at radius 1 is 1.42 bits per heavy atom. The summed E-state index contributed by atoms with van der Waals surface area (Å²) < 4.78 is 0. The zero-order valence-corrected chi connectivity index (χ0v) is 11.1. The maximum Gasteiger partial charge on any atom is 0.254 e. The summed E-state index contributed by atoms with van der Waals surface area (Å²) in [5.74, 6) is -0.145. The molecule has 1 saturated heterocycles. The van der Waals surface area contributed by atoms with Crippen molar-refractivity contribution in [2.24, 2.45) is 0 Å². The first-order valence-corrected chi connectivity index (χ1v) is 6.51. The van der Waals surface area contributed by atoms with Crippen molar-refractivity contribution < 1.29 is 9.59 Å². The highest BCUT2D eigenvalue weighted by Gasteiger charge is 2.23. The van der Waals surface area contributed by atoms with Gasteiger partial charge in [0.1, 0.15) is 0 Å². The summed E-state index contributed by atoms with van der Waals surface area (Å²) >= 11 is 0. The number of hydrogen-bond acceptors (Lipinski definition) is 3. The lowest BCUT2D eigenvalue weighted by molar-refractivity contribution is -0.123. The van der Waals surface area contributed by atoms with Gasteiger partial charge < -0.3 is 15.5 Å². The highest BCUT2D eigenvalue weighted by molar-refractivity contribution is 5.98. The van der Waals surface area contributed by atoms with Gasteiger partial charge in [0, 0.05) is 18.7 Å². The number of nitrogens with one attached hydrogen (secondary N) is 2. The predicted molar refractivity (Wildman–Crippen MR) is 73.0 cm³/mol. The Hall–Kier alpha value is -1.88. The maximum atomic E-state index is 12.5. The molecule has 2 amide bonds. The molecule has 1 fully saturated rings. The van der Waals surface area contributed by atoms with Crippen molar-refractivity contribution in [1.29, 1.82) is 0 Å². The summed E-state index contributed by atoms with van der Waals surface area (Å²) in [6, 6.07) is 7.60. The molecule has 0 saturated carbocycles. The molecule has 0 radical (unpaired) electrons. The summed E-state index contributed by atoms with van der Waals surface area (Å²) in [6.45, 7) is 2.08. The molecule has 0 unspecified atom stereocenters. The molecule has 0 aliphatic carbocycles. The summed E-state index contributed by atoms with van der Waals surface area (Å²) in [4.78, 5) is 25.4. The van der Waals surface area contributed by atoms with Crippen molar-refractivity contribution in [1.82, 2.24) is 15.5 Å². The summed E-state index contributed by atoms with van der Waals surface area (Å²) in [5.41, 5.74) is 1.72. The van der Waals surface area contributed by atoms with E-state index in [0.29, 0.717) is 18.7 Å². The van der Waals surface area contributed by atoms with Gasteiger partial charge in [-0.05, 0) is 31.6 Å². The van der Waals surface area contributed by atoms with Gasteiger partial charge in [0.15, 0.2) is 0 Å². The van der Waals surface area contributed by atoms with Crippen LogP contribution in [0.25, 0.3) is 0 Å². The van der Waals surface area contributed by atoms with Crippen molar-refractivity contribution in [3.63, 3.8) is 0 Å². The fourth-order valence-electron chi connectivity index (χ4n) is 2.19. The molecule has 1 aromatic carbocycles. The van der Waals surface area contributed by atoms with Gasteiger partial charge >= 0.3 is 0 Å². The largest absolute Gasteiger partial charge is 0.353 e. The molecule has 1 aliphatic heterocycles. The molecule has 1 aliphatic rings. The van der Waals surface area contributed by atoms with Crippen LogP contribution in [0, 0.1) is 0 Å². The first-order valence-electron chi connectivity index (χ1n) is 6.51. The van der Waals surface area contributed by atoms with Gasteiger partial charge in [-0.3, -0.25) is 9.59 Å². The van der Waals surface area contributed by atoms with Crippen molar-refractivity contribution >= 4 is 11.8 Å². The van der Waals surface area contributed by atoms with Crippen LogP contribution in [0.4, 0.5) is 0 Å². The minimum Gasteiger partial charge on any atom is -0.353 e. The van der Waals surface area contributed by atoms with Gasteiger partial charge in [0.05, 0.1) is 6.54 Å². The second kappa shape index (κ2) is 6.33. The fourth-order valence-corrected chi connectivity index (χ4v) is 2.19. The average Bonchev–Trinajstić information content (AvgIpc) is 2.44. The quantitative estimate of drug-likeness (QED) is 0.803. The molecule has 0 bridgehead atoms. The lowest BCUT2D eigenvalue weighted by atomic mass is 10.0. The maximum absolute atomic E-state index is 12.5. The van der Waals surface area contributed by atoms with E-state index in [9.17, 15) is 9.59 Å². The monoisotopic (exact) mass is 261 g/mol. The minimum absolute atomic E-state index is 0.0541. The molecule has 2 rings (SSSR count). The summed E-state index contributed by atoms with van der Waals surface area (Å²) in [6.07, 6.45) is 0.804. The van der Waals surface area contributed by atoms with Crippen LogP contribution in [0.1, 0.15) is 15.9 Å². The Morgan fingerprint density at radius 3 is 2.95 bits per heavy atom. The Morgan fingerprint density at radius 2 is 2.21 bits per heavy atom. The lowest BCUT2D eigenvalue weighted by Gasteiger charge is -2.27. The minimum atomic E-state index is -0.0905. The van der Waals surface area contributed by atoms with E-state index in [2.05, 4.69) is 10.6 Å². The van der Waals surface area contributed by atoms with Gasteiger partial charge in [-0.1, -0.05) is 18.2 Å². The molecule has 0 aromatic heterocycles. The van der Waals surface area contributed by atoms with Crippen LogP contribution in [0.15, 0.2) is 24.3 Å². The van der Waals surface area contributed by atoms with E-state index in [1.807, 2.05) is 31.3 Å². The van der Waals surface area contributed by atoms with Crippen molar-refractivity contribution in [2.75, 3.05) is 33.2 Å². The van der Waals surface area contributed by atoms with E-state index >= 15 is 0 Å². The summed E-state index contributed by atoms with van der Waals surface area (Å²) in [7, 11) is 1.89. The SMILES string of the molecule is CNCCc1ccccc1C(=O)N1CCNC(=O)C1. The van der Waals surface area contributed by atoms with Crippen LogP contribution < -0.4 is 10.6 Å². The summed E-state index contributed by atoms with van der Waals surface area (Å²) in [5, 5.41) is 5.80. The second-order valence-corrected chi connectivity index (χ2v) is 4.59. The first-order chi connectivity index (χ1) is 9.22. The number of likely N-dealkylation sites (N-methyl/N-ethyl adjacent to an activating group) is 1. The van der Waals surface area contributed by atoms with Gasteiger partial charge in [-0.2, -0.15) is 0 Å². The normalized spacial score (nSPS) is 15.2. The van der Waals surface area contributed by atoms with E-state index in [4.69, 9.17) is 0 Å². The molecule has 5 heteroatoms. The number of carbonyl (C=O) groups is 2. The number of hydrogen-bond donors (Lipinski definition) is 2. The van der Waals surface area contributed by atoms with Crippen LogP contribution in [0.3, 0.4) is 0 Å². The smallest absolute Gasteiger partial charge is 0.254 e. The number of carbonyl (C=O) groups excluding carboxylic acids is 2. The third-order valence-electron chi connectivity index (χ3n) is 3.22. The molecule has 2 N–H and O–H groups in total. The molecular formula is C14H19N3O2. The second-order valence-electron chi connectivity index (χ2n) is 4.59. The van der Waals surface area contributed by atoms with Crippen LogP contribution in [0.2, 0.25) is 0 Å². The highest BCUT2D eigenvalue weighted by atomic mass is 16.2. The van der Waals surface area contributed by atoms with Crippen molar-refractivity contribution in [2.45, 2.75) is 6.42 Å². The number of rotatable bonds is 4. The standard InChI is InChI=1S/C14H19N3O2/c1-15-7-6-11-4-2-3-5-12(11)14(19)17-9-8-16-13(18)10-17/h2-5,15H,6-10H2,1H3,(H,16,18). The molecule has 5 nitrogen and oxygen atoms in total. The average molecular weight is 261 g/mol. The molecule has 102 valence electrons. The van der Waals surface area contributed by atoms with E-state index in [1.165, 1.54) is 0 Å². The predicted octanol–water partition coefficient (Wildman–Crippen LogP) is 0.0205. The Balaban J connectivity index is 2.15. The van der Waals surface area contributed by atoms with Gasteiger partial charge in [-0.25, -0.2) is 0 Å². The third-order valence-corrected chi connectivity index (χ3v) is 3.22. The Bertz CT molecular complexity index is 474. The van der Waals surface area contributed by atoms with Gasteiger partial charge in [0.2, 0.25) is 5.91 Å². The Kier molecular flexibility index (Phi) is 4.52. The number of piperazine rings is 1. The molecule has 1 aromatic rings. The zero-order chi connectivity index (χ0) is 13.7. The highest BCUT2D eigenvalue weighted by Crippen LogP contribution is 2.13. The van der Waals surface area contributed by atoms with E-state index < -0.39 is 0 Å². The van der Waals surface area contributed by atoms with Crippen molar-refractivity contribution in [3.05, 3.63) is 35.4 Å². The molecule has 0 atom stereocenters. The zero-order valence-electron chi connectivity index (χ0n) is 11.1.